The van der Waals surface area contributed by atoms with Crippen molar-refractivity contribution in [1.82, 2.24) is 23.1 Å². The van der Waals surface area contributed by atoms with Crippen molar-refractivity contribution < 1.29 is 9.53 Å². The van der Waals surface area contributed by atoms with Gasteiger partial charge in [0.2, 0.25) is 5.78 Å². The summed E-state index contributed by atoms with van der Waals surface area (Å²) in [6.45, 7) is 5.39. The van der Waals surface area contributed by atoms with Crippen LogP contribution in [0, 0.1) is 6.92 Å². The fraction of sp³-hybridized carbons (Fsp3) is 0.333. The van der Waals surface area contributed by atoms with Gasteiger partial charge in [-0.25, -0.2) is 9.36 Å². The van der Waals surface area contributed by atoms with Crippen LogP contribution < -0.4 is 16.0 Å². The van der Waals surface area contributed by atoms with Crippen molar-refractivity contribution in [2.24, 2.45) is 7.05 Å². The van der Waals surface area contributed by atoms with Gasteiger partial charge in [-0.2, -0.15) is 4.98 Å². The summed E-state index contributed by atoms with van der Waals surface area (Å²) in [5.74, 6) is 1.07. The van der Waals surface area contributed by atoms with E-state index in [2.05, 4.69) is 4.98 Å². The molecule has 0 N–H and O–H groups in total. The van der Waals surface area contributed by atoms with Crippen LogP contribution in [0.4, 0.5) is 0 Å². The van der Waals surface area contributed by atoms with Crippen molar-refractivity contribution in [2.75, 3.05) is 7.11 Å². The first-order valence-electron chi connectivity index (χ1n) is 9.57. The number of hydrogen-bond acceptors (Lipinski definition) is 5. The van der Waals surface area contributed by atoms with Crippen LogP contribution in [-0.4, -0.2) is 36.0 Å². The fourth-order valence-corrected chi connectivity index (χ4v) is 3.65. The molecule has 0 bridgehead atoms. The number of carbonyl (C=O) groups excluding carboxylic acids is 1. The van der Waals surface area contributed by atoms with Gasteiger partial charge in [0, 0.05) is 18.9 Å². The van der Waals surface area contributed by atoms with E-state index in [1.807, 2.05) is 42.0 Å². The van der Waals surface area contributed by atoms with E-state index in [9.17, 15) is 14.4 Å². The molecule has 1 aromatic carbocycles. The van der Waals surface area contributed by atoms with E-state index in [4.69, 9.17) is 4.74 Å². The van der Waals surface area contributed by atoms with Gasteiger partial charge in [0.15, 0.2) is 16.9 Å². The Kier molecular flexibility index (Phi) is 4.60. The van der Waals surface area contributed by atoms with Gasteiger partial charge >= 0.3 is 5.69 Å². The quantitative estimate of drug-likeness (QED) is 0.500. The van der Waals surface area contributed by atoms with E-state index < -0.39 is 17.3 Å². The molecule has 9 nitrogen and oxygen atoms in total. The van der Waals surface area contributed by atoms with Crippen LogP contribution >= 0.6 is 0 Å². The molecule has 4 aromatic rings. The largest absolute Gasteiger partial charge is 0.497 e. The average Bonchev–Trinajstić information content (AvgIpc) is 3.23. The number of aromatic nitrogens is 5. The van der Waals surface area contributed by atoms with Gasteiger partial charge in [0.1, 0.15) is 5.75 Å². The van der Waals surface area contributed by atoms with Gasteiger partial charge in [-0.1, -0.05) is 12.1 Å². The molecule has 9 heteroatoms. The third-order valence-electron chi connectivity index (χ3n) is 5.56. The Hall–Kier alpha value is -3.62. The van der Waals surface area contributed by atoms with Crippen LogP contribution in [0.15, 0.2) is 40.1 Å². The van der Waals surface area contributed by atoms with Crippen molar-refractivity contribution in [3.8, 4) is 5.75 Å². The molecule has 0 aliphatic carbocycles. The number of ketones is 1. The molecule has 0 fully saturated rings. The number of rotatable bonds is 5. The zero-order valence-corrected chi connectivity index (χ0v) is 17.5. The Labute approximate surface area is 171 Å². The zero-order chi connectivity index (χ0) is 21.7. The maximum absolute atomic E-state index is 13.2. The predicted octanol–water partition coefficient (Wildman–Crippen LogP) is 1.66. The van der Waals surface area contributed by atoms with Crippen molar-refractivity contribution in [1.29, 1.82) is 0 Å². The molecule has 0 saturated carbocycles. The van der Waals surface area contributed by atoms with Crippen LogP contribution in [0.5, 0.6) is 5.75 Å². The smallest absolute Gasteiger partial charge is 0.333 e. The first-order chi connectivity index (χ1) is 14.2. The third kappa shape index (κ3) is 2.85. The Morgan fingerprint density at radius 1 is 1.20 bits per heavy atom. The minimum absolute atomic E-state index is 0.262. The summed E-state index contributed by atoms with van der Waals surface area (Å²) >= 11 is 0. The Balaban J connectivity index is 1.95. The average molecular weight is 409 g/mol. The van der Waals surface area contributed by atoms with E-state index in [0.717, 1.165) is 21.6 Å². The van der Waals surface area contributed by atoms with Crippen LogP contribution in [0.25, 0.3) is 16.9 Å². The number of imidazole rings is 2. The molecular weight excluding hydrogens is 386 g/mol. The number of nitrogens with zero attached hydrogens (tertiary/aromatic N) is 5. The van der Waals surface area contributed by atoms with Crippen molar-refractivity contribution >= 4 is 22.7 Å². The lowest BCUT2D eigenvalue weighted by molar-refractivity contribution is -0.119. The molecule has 0 saturated heterocycles. The third-order valence-corrected chi connectivity index (χ3v) is 5.56. The topological polar surface area (TPSA) is 92.5 Å². The first-order valence-corrected chi connectivity index (χ1v) is 9.57. The molecule has 4 rings (SSSR count). The fourth-order valence-electron chi connectivity index (χ4n) is 3.65. The maximum atomic E-state index is 13.2. The van der Waals surface area contributed by atoms with E-state index >= 15 is 0 Å². The number of aryl methyl sites for hydroxylation is 2. The van der Waals surface area contributed by atoms with Crippen LogP contribution in [0.3, 0.4) is 0 Å². The van der Waals surface area contributed by atoms with E-state index in [-0.39, 0.29) is 16.9 Å². The van der Waals surface area contributed by atoms with Crippen LogP contribution in [0.2, 0.25) is 0 Å². The highest BCUT2D eigenvalue weighted by molar-refractivity contribution is 5.80. The molecule has 0 amide bonds. The number of Topliss-reactive ketones (excluding diaryl/α,β-unsaturated/α-hetero) is 1. The predicted molar refractivity (Wildman–Crippen MR) is 112 cm³/mol. The van der Waals surface area contributed by atoms with Crippen molar-refractivity contribution in [3.05, 3.63) is 62.6 Å². The van der Waals surface area contributed by atoms with Crippen LogP contribution in [-0.2, 0) is 18.4 Å². The van der Waals surface area contributed by atoms with Gasteiger partial charge in [-0.3, -0.25) is 18.6 Å². The monoisotopic (exact) mass is 409 g/mol. The highest BCUT2D eigenvalue weighted by atomic mass is 16.5. The molecule has 0 spiro atoms. The van der Waals surface area contributed by atoms with Gasteiger partial charge in [0.05, 0.1) is 19.7 Å². The number of carbonyl (C=O) groups is 1. The van der Waals surface area contributed by atoms with Gasteiger partial charge in [-0.15, -0.1) is 0 Å². The van der Waals surface area contributed by atoms with Gasteiger partial charge in [-0.05, 0) is 38.5 Å². The standard InChI is InChI=1S/C21H23N5O4/c1-12-10-25-17-18(23(4)21(29)26(19(17)28)13(2)14(3)27)22-20(25)24(12)11-15-6-8-16(30-5)9-7-15/h6-10,13H,11H2,1-5H3. The SMILES string of the molecule is COc1ccc(Cn2c(C)cn3c4c(=O)n(C(C)C(C)=O)c(=O)n(C)c4nc23)cc1. The minimum atomic E-state index is -0.853. The number of fused-ring (bicyclic) bond motifs is 3. The summed E-state index contributed by atoms with van der Waals surface area (Å²) in [7, 11) is 3.18. The minimum Gasteiger partial charge on any atom is -0.497 e. The molecule has 0 aliphatic rings. The molecule has 0 radical (unpaired) electrons. The number of hydrogen-bond donors (Lipinski definition) is 0. The second-order valence-electron chi connectivity index (χ2n) is 7.46. The number of ether oxygens (including phenoxy) is 1. The van der Waals surface area contributed by atoms with E-state index in [1.165, 1.54) is 11.5 Å². The van der Waals surface area contributed by atoms with Crippen molar-refractivity contribution in [2.45, 2.75) is 33.4 Å². The lowest BCUT2D eigenvalue weighted by atomic mass is 10.2. The van der Waals surface area contributed by atoms with Gasteiger partial charge < -0.3 is 9.30 Å². The Morgan fingerprint density at radius 2 is 1.87 bits per heavy atom. The highest BCUT2D eigenvalue weighted by Crippen LogP contribution is 2.19. The number of benzene rings is 1. The molecular formula is C21H23N5O4. The highest BCUT2D eigenvalue weighted by Gasteiger charge is 2.23. The summed E-state index contributed by atoms with van der Waals surface area (Å²) < 4.78 is 11.2. The van der Waals surface area contributed by atoms with E-state index in [0.29, 0.717) is 12.3 Å². The van der Waals surface area contributed by atoms with Crippen LogP contribution in [0.1, 0.15) is 31.1 Å². The van der Waals surface area contributed by atoms with E-state index in [1.54, 1.807) is 25.5 Å². The number of methoxy groups -OCH3 is 1. The van der Waals surface area contributed by atoms with Crippen molar-refractivity contribution in [3.63, 3.8) is 0 Å². The molecule has 0 aliphatic heterocycles. The second kappa shape index (κ2) is 7.01. The van der Waals surface area contributed by atoms with Gasteiger partial charge in [0.25, 0.3) is 5.56 Å². The lowest BCUT2D eigenvalue weighted by Crippen LogP contribution is -2.42. The second-order valence-corrected chi connectivity index (χ2v) is 7.46. The molecule has 1 unspecified atom stereocenters. The maximum Gasteiger partial charge on any atom is 0.333 e. The summed E-state index contributed by atoms with van der Waals surface area (Å²) in [5.41, 5.74) is 1.43. The molecule has 1 atom stereocenters. The zero-order valence-electron chi connectivity index (χ0n) is 17.5. The first kappa shape index (κ1) is 19.7. The molecule has 156 valence electrons. The Bertz CT molecular complexity index is 1400. The summed E-state index contributed by atoms with van der Waals surface area (Å²) in [6, 6.07) is 6.86. The lowest BCUT2D eigenvalue weighted by Gasteiger charge is -2.12. The molecule has 30 heavy (non-hydrogen) atoms. The molecule has 3 heterocycles. The summed E-state index contributed by atoms with van der Waals surface area (Å²) in [4.78, 5) is 42.4. The summed E-state index contributed by atoms with van der Waals surface area (Å²) in [6.07, 6.45) is 1.82. The molecule has 3 aromatic heterocycles. The Morgan fingerprint density at radius 3 is 2.47 bits per heavy atom. The normalized spacial score (nSPS) is 12.6. The summed E-state index contributed by atoms with van der Waals surface area (Å²) in [5, 5.41) is 0.